The van der Waals surface area contributed by atoms with Crippen LogP contribution in [0.4, 0.5) is 13.2 Å². The third-order valence-electron chi connectivity index (χ3n) is 2.48. The Morgan fingerprint density at radius 3 is 2.35 bits per heavy atom. The Morgan fingerprint density at radius 2 is 1.85 bits per heavy atom. The summed E-state index contributed by atoms with van der Waals surface area (Å²) in [7, 11) is 0. The molecule has 0 atom stereocenters. The third kappa shape index (κ3) is 3.80. The highest BCUT2D eigenvalue weighted by atomic mass is 79.9. The molecule has 0 fully saturated rings. The van der Waals surface area contributed by atoms with E-state index in [0.29, 0.717) is 10.4 Å². The van der Waals surface area contributed by atoms with E-state index in [0.717, 1.165) is 16.6 Å². The summed E-state index contributed by atoms with van der Waals surface area (Å²) in [5.41, 5.74) is -0.162. The maximum Gasteiger partial charge on any atom is 0.416 e. The van der Waals surface area contributed by atoms with E-state index in [1.54, 1.807) is 11.4 Å². The first-order valence-electron chi connectivity index (χ1n) is 5.50. The maximum absolute atomic E-state index is 12.4. The zero-order chi connectivity index (χ0) is 14.8. The van der Waals surface area contributed by atoms with Gasteiger partial charge in [0.1, 0.15) is 0 Å². The van der Waals surface area contributed by atoms with Crippen LogP contribution in [-0.2, 0) is 6.18 Å². The summed E-state index contributed by atoms with van der Waals surface area (Å²) in [6.45, 7) is 0. The molecule has 2 rings (SSSR count). The second-order valence-corrected chi connectivity index (χ2v) is 5.77. The number of rotatable bonds is 3. The van der Waals surface area contributed by atoms with Gasteiger partial charge in [0.15, 0.2) is 5.78 Å². The van der Waals surface area contributed by atoms with Crippen molar-refractivity contribution >= 4 is 39.1 Å². The molecule has 0 saturated heterocycles. The van der Waals surface area contributed by atoms with E-state index in [1.165, 1.54) is 35.6 Å². The number of benzene rings is 1. The van der Waals surface area contributed by atoms with Crippen LogP contribution < -0.4 is 0 Å². The van der Waals surface area contributed by atoms with Gasteiger partial charge in [0.25, 0.3) is 0 Å². The fourth-order valence-electron chi connectivity index (χ4n) is 1.48. The van der Waals surface area contributed by atoms with Gasteiger partial charge in [0.2, 0.25) is 0 Å². The average molecular weight is 361 g/mol. The number of thiophene rings is 1. The van der Waals surface area contributed by atoms with Crippen LogP contribution in [0.15, 0.2) is 46.3 Å². The monoisotopic (exact) mass is 360 g/mol. The average Bonchev–Trinajstić information content (AvgIpc) is 2.82. The van der Waals surface area contributed by atoms with Gasteiger partial charge in [-0.3, -0.25) is 4.79 Å². The molecule has 0 spiro atoms. The first kappa shape index (κ1) is 15.0. The van der Waals surface area contributed by atoms with Crippen LogP contribution in [0.3, 0.4) is 0 Å². The summed E-state index contributed by atoms with van der Waals surface area (Å²) in [5, 5.41) is 1.79. The fourth-order valence-corrected chi connectivity index (χ4v) is 2.83. The number of carbonyl (C=O) groups excluding carboxylic acids is 1. The quantitative estimate of drug-likeness (QED) is 0.527. The minimum Gasteiger partial charge on any atom is -0.288 e. The van der Waals surface area contributed by atoms with Crippen molar-refractivity contribution in [1.29, 1.82) is 0 Å². The van der Waals surface area contributed by atoms with E-state index in [4.69, 9.17) is 0 Å². The van der Waals surface area contributed by atoms with Gasteiger partial charge in [-0.2, -0.15) is 13.2 Å². The van der Waals surface area contributed by atoms with Crippen molar-refractivity contribution in [2.75, 3.05) is 0 Å². The van der Waals surface area contributed by atoms with Crippen molar-refractivity contribution in [1.82, 2.24) is 0 Å². The Kier molecular flexibility index (Phi) is 4.45. The molecule has 0 aliphatic carbocycles. The minimum absolute atomic E-state index is 0.180. The summed E-state index contributed by atoms with van der Waals surface area (Å²) in [4.78, 5) is 12.3. The molecule has 1 heterocycles. The van der Waals surface area contributed by atoms with Crippen LogP contribution in [0.1, 0.15) is 20.8 Å². The number of carbonyl (C=O) groups is 1. The maximum atomic E-state index is 12.4. The van der Waals surface area contributed by atoms with Gasteiger partial charge < -0.3 is 0 Å². The Morgan fingerprint density at radius 1 is 1.20 bits per heavy atom. The zero-order valence-electron chi connectivity index (χ0n) is 9.95. The van der Waals surface area contributed by atoms with Crippen molar-refractivity contribution in [3.05, 3.63) is 62.3 Å². The smallest absolute Gasteiger partial charge is 0.288 e. The van der Waals surface area contributed by atoms with Gasteiger partial charge in [0.05, 0.1) is 10.4 Å². The number of alkyl halides is 3. The van der Waals surface area contributed by atoms with E-state index in [2.05, 4.69) is 15.9 Å². The van der Waals surface area contributed by atoms with Gasteiger partial charge in [0, 0.05) is 9.85 Å². The molecule has 6 heteroatoms. The summed E-state index contributed by atoms with van der Waals surface area (Å²) < 4.78 is 38.0. The Bertz CT molecular complexity index is 641. The molecule has 0 radical (unpaired) electrons. The highest BCUT2D eigenvalue weighted by Gasteiger charge is 2.29. The van der Waals surface area contributed by atoms with E-state index in [-0.39, 0.29) is 5.78 Å². The van der Waals surface area contributed by atoms with Crippen LogP contribution in [-0.4, -0.2) is 5.78 Å². The van der Waals surface area contributed by atoms with Gasteiger partial charge >= 0.3 is 6.18 Å². The SMILES string of the molecule is O=C(/C=C/c1ccc(C(F)(F)F)cc1)c1cc(Br)cs1. The first-order chi connectivity index (χ1) is 9.36. The number of halogens is 4. The topological polar surface area (TPSA) is 17.1 Å². The normalized spacial score (nSPS) is 12.0. The van der Waals surface area contributed by atoms with Crippen LogP contribution in [0.25, 0.3) is 6.08 Å². The lowest BCUT2D eigenvalue weighted by molar-refractivity contribution is -0.137. The standard InChI is InChI=1S/C14H8BrF3OS/c15-11-7-13(20-8-11)12(19)6-3-9-1-4-10(5-2-9)14(16,17)18/h1-8H/b6-3+. The lowest BCUT2D eigenvalue weighted by atomic mass is 10.1. The predicted molar refractivity (Wildman–Crippen MR) is 76.8 cm³/mol. The molecule has 0 aliphatic rings. The largest absolute Gasteiger partial charge is 0.416 e. The Balaban J connectivity index is 2.10. The summed E-state index contributed by atoms with van der Waals surface area (Å²) in [6.07, 6.45) is -1.50. The summed E-state index contributed by atoms with van der Waals surface area (Å²) in [6, 6.07) is 6.34. The van der Waals surface area contributed by atoms with Crippen LogP contribution in [0, 0.1) is 0 Å². The zero-order valence-corrected chi connectivity index (χ0v) is 12.3. The fraction of sp³-hybridized carbons (Fsp3) is 0.0714. The number of allylic oxidation sites excluding steroid dienone is 1. The third-order valence-corrected chi connectivity index (χ3v) is 4.18. The van der Waals surface area contributed by atoms with Gasteiger partial charge in [-0.05, 0) is 45.8 Å². The second-order valence-electron chi connectivity index (χ2n) is 3.95. The summed E-state index contributed by atoms with van der Waals surface area (Å²) in [5.74, 6) is -0.180. The molecule has 0 saturated carbocycles. The van der Waals surface area contributed by atoms with Crippen molar-refractivity contribution < 1.29 is 18.0 Å². The molecule has 0 unspecified atom stereocenters. The van der Waals surface area contributed by atoms with Crippen LogP contribution >= 0.6 is 27.3 Å². The molecule has 104 valence electrons. The number of hydrogen-bond acceptors (Lipinski definition) is 2. The predicted octanol–water partition coefficient (Wildman–Crippen LogP) is 5.43. The van der Waals surface area contributed by atoms with Crippen molar-refractivity contribution in [3.8, 4) is 0 Å². The molecule has 1 nitrogen and oxygen atoms in total. The lowest BCUT2D eigenvalue weighted by Crippen LogP contribution is -2.03. The number of hydrogen-bond donors (Lipinski definition) is 0. The molecule has 1 aromatic carbocycles. The molecule has 20 heavy (non-hydrogen) atoms. The van der Waals surface area contributed by atoms with E-state index in [9.17, 15) is 18.0 Å². The van der Waals surface area contributed by atoms with E-state index in [1.807, 2.05) is 0 Å². The first-order valence-corrected chi connectivity index (χ1v) is 7.17. The second kappa shape index (κ2) is 5.93. The minimum atomic E-state index is -4.35. The molecule has 0 amide bonds. The number of ketones is 1. The van der Waals surface area contributed by atoms with Gasteiger partial charge in [-0.1, -0.05) is 18.2 Å². The molecule has 1 aromatic heterocycles. The van der Waals surface area contributed by atoms with Crippen LogP contribution in [0.2, 0.25) is 0 Å². The van der Waals surface area contributed by atoms with Crippen LogP contribution in [0.5, 0.6) is 0 Å². The van der Waals surface area contributed by atoms with Crippen molar-refractivity contribution in [2.24, 2.45) is 0 Å². The lowest BCUT2D eigenvalue weighted by Gasteiger charge is -2.05. The van der Waals surface area contributed by atoms with E-state index >= 15 is 0 Å². The van der Waals surface area contributed by atoms with Crippen molar-refractivity contribution in [2.45, 2.75) is 6.18 Å². The highest BCUT2D eigenvalue weighted by Crippen LogP contribution is 2.29. The molecular formula is C14H8BrF3OS. The molecule has 0 bridgehead atoms. The van der Waals surface area contributed by atoms with E-state index < -0.39 is 11.7 Å². The molecule has 0 N–H and O–H groups in total. The molecule has 0 aliphatic heterocycles. The Hall–Kier alpha value is -1.40. The summed E-state index contributed by atoms with van der Waals surface area (Å²) >= 11 is 4.55. The Labute approximate surface area is 125 Å². The molecule has 2 aromatic rings. The molecular weight excluding hydrogens is 353 g/mol. The van der Waals surface area contributed by atoms with Gasteiger partial charge in [-0.25, -0.2) is 0 Å². The highest BCUT2D eigenvalue weighted by molar-refractivity contribution is 9.10. The van der Waals surface area contributed by atoms with Crippen molar-refractivity contribution in [3.63, 3.8) is 0 Å². The van der Waals surface area contributed by atoms with Gasteiger partial charge in [-0.15, -0.1) is 11.3 Å².